The number of hydrogen-bond acceptors (Lipinski definition) is 4. The molecule has 0 aliphatic carbocycles. The number of aromatic nitrogens is 3. The second-order valence-corrected chi connectivity index (χ2v) is 6.79. The number of piperidine rings is 1. The van der Waals surface area contributed by atoms with E-state index in [0.29, 0.717) is 5.56 Å². The van der Waals surface area contributed by atoms with Gasteiger partial charge in [0.2, 0.25) is 0 Å². The number of amides is 1. The number of H-pyrrole nitrogens is 1. The molecular weight excluding hydrogens is 338 g/mol. The molecule has 138 valence electrons. The predicted molar refractivity (Wildman–Crippen MR) is 106 cm³/mol. The van der Waals surface area contributed by atoms with Crippen LogP contribution in [0.15, 0.2) is 54.9 Å². The van der Waals surface area contributed by atoms with Gasteiger partial charge in [-0.25, -0.2) is 9.97 Å². The summed E-state index contributed by atoms with van der Waals surface area (Å²) in [5.74, 6) is 1.92. The van der Waals surface area contributed by atoms with E-state index in [9.17, 15) is 4.79 Å². The van der Waals surface area contributed by atoms with E-state index in [-0.39, 0.29) is 11.8 Å². The summed E-state index contributed by atoms with van der Waals surface area (Å²) in [7, 11) is 1.64. The molecule has 1 amide bonds. The molecule has 3 heterocycles. The van der Waals surface area contributed by atoms with Crippen LogP contribution in [-0.4, -0.2) is 41.0 Å². The van der Waals surface area contributed by atoms with Gasteiger partial charge in [0.25, 0.3) is 5.91 Å². The quantitative estimate of drug-likeness (QED) is 0.748. The van der Waals surface area contributed by atoms with E-state index >= 15 is 0 Å². The van der Waals surface area contributed by atoms with Gasteiger partial charge in [0.05, 0.1) is 17.5 Å². The first-order chi connectivity index (χ1) is 13.3. The maximum Gasteiger partial charge on any atom is 0.254 e. The first-order valence-corrected chi connectivity index (χ1v) is 9.28. The molecule has 4 rings (SSSR count). The molecule has 0 spiro atoms. The van der Waals surface area contributed by atoms with E-state index in [4.69, 9.17) is 0 Å². The van der Waals surface area contributed by atoms with Crippen molar-refractivity contribution in [2.24, 2.45) is 0 Å². The van der Waals surface area contributed by atoms with Crippen molar-refractivity contribution >= 4 is 11.7 Å². The molecule has 1 aromatic carbocycles. The fraction of sp³-hybridized carbons (Fsp3) is 0.286. The minimum absolute atomic E-state index is 0.107. The Hall–Kier alpha value is -3.15. The lowest BCUT2D eigenvalue weighted by molar-refractivity contribution is 0.0963. The van der Waals surface area contributed by atoms with Crippen LogP contribution < -0.4 is 10.2 Å². The summed E-state index contributed by atoms with van der Waals surface area (Å²) in [6.45, 7) is 1.69. The maximum atomic E-state index is 12.2. The normalized spacial score (nSPS) is 16.9. The van der Waals surface area contributed by atoms with Crippen LogP contribution in [0, 0.1) is 0 Å². The Balaban J connectivity index is 1.56. The van der Waals surface area contributed by atoms with E-state index in [1.807, 2.05) is 30.5 Å². The fourth-order valence-electron chi connectivity index (χ4n) is 3.66. The van der Waals surface area contributed by atoms with Gasteiger partial charge in [-0.05, 0) is 30.5 Å². The number of carbonyl (C=O) groups is 1. The minimum atomic E-state index is -0.107. The highest BCUT2D eigenvalue weighted by Crippen LogP contribution is 2.30. The molecule has 6 heteroatoms. The van der Waals surface area contributed by atoms with Crippen molar-refractivity contribution < 1.29 is 4.79 Å². The van der Waals surface area contributed by atoms with Gasteiger partial charge in [-0.15, -0.1) is 0 Å². The summed E-state index contributed by atoms with van der Waals surface area (Å²) < 4.78 is 0. The molecule has 6 nitrogen and oxygen atoms in total. The molecular formula is C21H23N5O. The Kier molecular flexibility index (Phi) is 4.87. The van der Waals surface area contributed by atoms with Crippen molar-refractivity contribution in [2.45, 2.75) is 18.8 Å². The number of nitrogens with one attached hydrogen (secondary N) is 2. The van der Waals surface area contributed by atoms with Gasteiger partial charge < -0.3 is 15.2 Å². The Morgan fingerprint density at radius 1 is 1.19 bits per heavy atom. The topological polar surface area (TPSA) is 73.9 Å². The number of carbonyl (C=O) groups excluding carboxylic acids is 1. The molecule has 0 saturated carbocycles. The Morgan fingerprint density at radius 2 is 2.04 bits per heavy atom. The minimum Gasteiger partial charge on any atom is -0.355 e. The summed E-state index contributed by atoms with van der Waals surface area (Å²) in [4.78, 5) is 27.0. The first kappa shape index (κ1) is 17.3. The molecule has 1 unspecified atom stereocenters. The summed E-state index contributed by atoms with van der Waals surface area (Å²) >= 11 is 0. The standard InChI is InChI=1S/C21H23N5O/c1-22-21(27)17-10-5-11-23-20(17)26-12-6-9-16(14-26)19-24-13-18(25-19)15-7-3-2-4-8-15/h2-5,7-8,10-11,13,16H,6,9,12,14H2,1H3,(H,22,27)(H,24,25). The SMILES string of the molecule is CNC(=O)c1cccnc1N1CCCC(c2ncc(-c3ccccc3)[nH]2)C1. The average Bonchev–Trinajstić information content (AvgIpc) is 3.24. The summed E-state index contributed by atoms with van der Waals surface area (Å²) in [6, 6.07) is 13.8. The molecule has 1 aliphatic rings. The summed E-state index contributed by atoms with van der Waals surface area (Å²) in [5.41, 5.74) is 2.78. The van der Waals surface area contributed by atoms with Gasteiger partial charge in [-0.2, -0.15) is 0 Å². The number of anilines is 1. The Labute approximate surface area is 158 Å². The zero-order chi connectivity index (χ0) is 18.6. The van der Waals surface area contributed by atoms with Crippen molar-refractivity contribution in [3.63, 3.8) is 0 Å². The Morgan fingerprint density at radius 3 is 2.85 bits per heavy atom. The van der Waals surface area contributed by atoms with Gasteiger partial charge in [0.1, 0.15) is 11.6 Å². The van der Waals surface area contributed by atoms with Crippen LogP contribution in [0.25, 0.3) is 11.3 Å². The number of nitrogens with zero attached hydrogens (tertiary/aromatic N) is 3. The maximum absolute atomic E-state index is 12.2. The lowest BCUT2D eigenvalue weighted by atomic mass is 9.97. The summed E-state index contributed by atoms with van der Waals surface area (Å²) in [6.07, 6.45) is 5.75. The molecule has 2 aromatic heterocycles. The van der Waals surface area contributed by atoms with Crippen LogP contribution in [0.5, 0.6) is 0 Å². The fourth-order valence-corrected chi connectivity index (χ4v) is 3.66. The first-order valence-electron chi connectivity index (χ1n) is 9.28. The lowest BCUT2D eigenvalue weighted by Crippen LogP contribution is -2.37. The molecule has 0 bridgehead atoms. The summed E-state index contributed by atoms with van der Waals surface area (Å²) in [5, 5.41) is 2.70. The van der Waals surface area contributed by atoms with Crippen molar-refractivity contribution in [2.75, 3.05) is 25.0 Å². The highest BCUT2D eigenvalue weighted by molar-refractivity contribution is 5.98. The van der Waals surface area contributed by atoms with Crippen molar-refractivity contribution in [3.05, 3.63) is 66.2 Å². The molecule has 1 aliphatic heterocycles. The van der Waals surface area contributed by atoms with E-state index in [1.54, 1.807) is 19.3 Å². The molecule has 27 heavy (non-hydrogen) atoms. The number of aromatic amines is 1. The van der Waals surface area contributed by atoms with Gasteiger partial charge in [0.15, 0.2) is 0 Å². The second kappa shape index (κ2) is 7.61. The number of pyridine rings is 1. The second-order valence-electron chi connectivity index (χ2n) is 6.79. The third kappa shape index (κ3) is 3.56. The van der Waals surface area contributed by atoms with Crippen LogP contribution >= 0.6 is 0 Å². The highest BCUT2D eigenvalue weighted by Gasteiger charge is 2.27. The van der Waals surface area contributed by atoms with E-state index < -0.39 is 0 Å². The van der Waals surface area contributed by atoms with Crippen molar-refractivity contribution in [1.29, 1.82) is 0 Å². The van der Waals surface area contributed by atoms with Gasteiger partial charge >= 0.3 is 0 Å². The predicted octanol–water partition coefficient (Wildman–Crippen LogP) is 3.22. The van der Waals surface area contributed by atoms with E-state index in [2.05, 4.69) is 37.3 Å². The highest BCUT2D eigenvalue weighted by atomic mass is 16.1. The van der Waals surface area contributed by atoms with Crippen molar-refractivity contribution in [1.82, 2.24) is 20.3 Å². The van der Waals surface area contributed by atoms with Crippen LogP contribution in [0.3, 0.4) is 0 Å². The third-order valence-corrected chi connectivity index (χ3v) is 5.05. The van der Waals surface area contributed by atoms with Gasteiger partial charge in [0, 0.05) is 32.3 Å². The van der Waals surface area contributed by atoms with Crippen LogP contribution in [0.2, 0.25) is 0 Å². The molecule has 2 N–H and O–H groups in total. The lowest BCUT2D eigenvalue weighted by Gasteiger charge is -2.33. The number of benzene rings is 1. The molecule has 1 atom stereocenters. The van der Waals surface area contributed by atoms with Gasteiger partial charge in [-0.1, -0.05) is 30.3 Å². The zero-order valence-electron chi connectivity index (χ0n) is 15.4. The number of rotatable bonds is 4. The van der Waals surface area contributed by atoms with Crippen LogP contribution in [0.1, 0.15) is 34.9 Å². The van der Waals surface area contributed by atoms with E-state index in [0.717, 1.165) is 48.8 Å². The van der Waals surface area contributed by atoms with Crippen LogP contribution in [-0.2, 0) is 0 Å². The van der Waals surface area contributed by atoms with Gasteiger partial charge in [-0.3, -0.25) is 4.79 Å². The number of imidazole rings is 1. The van der Waals surface area contributed by atoms with Crippen LogP contribution in [0.4, 0.5) is 5.82 Å². The zero-order valence-corrected chi connectivity index (χ0v) is 15.4. The Bertz CT molecular complexity index is 921. The van der Waals surface area contributed by atoms with E-state index in [1.165, 1.54) is 0 Å². The monoisotopic (exact) mass is 361 g/mol. The van der Waals surface area contributed by atoms with Crippen molar-refractivity contribution in [3.8, 4) is 11.3 Å². The smallest absolute Gasteiger partial charge is 0.254 e. The molecule has 1 saturated heterocycles. The number of hydrogen-bond donors (Lipinski definition) is 2. The third-order valence-electron chi connectivity index (χ3n) is 5.05. The molecule has 0 radical (unpaired) electrons. The molecule has 1 fully saturated rings. The molecule has 3 aromatic rings. The average molecular weight is 361 g/mol. The largest absolute Gasteiger partial charge is 0.355 e.